The Bertz CT molecular complexity index is 615. The first kappa shape index (κ1) is 17.0. The molecular formula is C16H22N4O3. The van der Waals surface area contributed by atoms with Gasteiger partial charge in [-0.15, -0.1) is 0 Å². The van der Waals surface area contributed by atoms with Crippen LogP contribution in [0.25, 0.3) is 5.69 Å². The van der Waals surface area contributed by atoms with Gasteiger partial charge in [-0.25, -0.2) is 9.48 Å². The monoisotopic (exact) mass is 318 g/mol. The van der Waals surface area contributed by atoms with Gasteiger partial charge in [-0.05, 0) is 12.1 Å². The van der Waals surface area contributed by atoms with Crippen LogP contribution in [0, 0.1) is 0 Å². The van der Waals surface area contributed by atoms with E-state index in [1.807, 2.05) is 36.5 Å². The first-order valence-electron chi connectivity index (χ1n) is 7.35. The van der Waals surface area contributed by atoms with E-state index in [0.717, 1.165) is 11.3 Å². The van der Waals surface area contributed by atoms with Gasteiger partial charge in [-0.2, -0.15) is 5.10 Å². The van der Waals surface area contributed by atoms with Crippen LogP contribution in [0.4, 0.5) is 4.79 Å². The Balaban J connectivity index is 1.84. The number of carbonyl (C=O) groups is 1. The Morgan fingerprint density at radius 2 is 2.17 bits per heavy atom. The second kappa shape index (κ2) is 8.30. The number of urea groups is 1. The SMILES string of the molecule is COCC(O)CN(C)C(=O)NCc1cnn(-c2ccccc2)c1. The molecule has 0 saturated carbocycles. The summed E-state index contributed by atoms with van der Waals surface area (Å²) in [6.07, 6.45) is 2.89. The molecule has 2 rings (SSSR count). The highest BCUT2D eigenvalue weighted by Gasteiger charge is 2.13. The molecular weight excluding hydrogens is 296 g/mol. The molecule has 0 aliphatic rings. The van der Waals surface area contributed by atoms with Crippen LogP contribution in [0.2, 0.25) is 0 Å². The Hall–Kier alpha value is -2.38. The van der Waals surface area contributed by atoms with Crippen molar-refractivity contribution >= 4 is 6.03 Å². The van der Waals surface area contributed by atoms with E-state index < -0.39 is 6.10 Å². The largest absolute Gasteiger partial charge is 0.389 e. The predicted octanol–water partition coefficient (Wildman–Crippen LogP) is 1.02. The summed E-state index contributed by atoms with van der Waals surface area (Å²) in [5.74, 6) is 0. The molecule has 1 heterocycles. The van der Waals surface area contributed by atoms with Crippen LogP contribution in [0.5, 0.6) is 0 Å². The van der Waals surface area contributed by atoms with Crippen molar-refractivity contribution < 1.29 is 14.6 Å². The Kier molecular flexibility index (Phi) is 6.13. The van der Waals surface area contributed by atoms with E-state index in [1.54, 1.807) is 17.9 Å². The number of hydrogen-bond donors (Lipinski definition) is 2. The second-order valence-electron chi connectivity index (χ2n) is 5.28. The molecule has 0 radical (unpaired) electrons. The van der Waals surface area contributed by atoms with E-state index in [4.69, 9.17) is 4.74 Å². The van der Waals surface area contributed by atoms with Gasteiger partial charge in [0.2, 0.25) is 0 Å². The molecule has 0 bridgehead atoms. The average Bonchev–Trinajstić information content (AvgIpc) is 3.02. The smallest absolute Gasteiger partial charge is 0.317 e. The highest BCUT2D eigenvalue weighted by Crippen LogP contribution is 2.07. The molecule has 7 heteroatoms. The third-order valence-electron chi connectivity index (χ3n) is 3.29. The standard InChI is InChI=1S/C16H22N4O3/c1-19(11-15(21)12-23-2)16(22)17-8-13-9-18-20(10-13)14-6-4-3-5-7-14/h3-7,9-10,15,21H,8,11-12H2,1-2H3,(H,17,22). The molecule has 2 aromatic rings. The van der Waals surface area contributed by atoms with Gasteiger partial charge in [0.1, 0.15) is 0 Å². The van der Waals surface area contributed by atoms with Crippen LogP contribution < -0.4 is 5.32 Å². The van der Waals surface area contributed by atoms with Crippen molar-refractivity contribution in [1.29, 1.82) is 0 Å². The number of likely N-dealkylation sites (N-methyl/N-ethyl adjacent to an activating group) is 1. The van der Waals surface area contributed by atoms with Gasteiger partial charge in [0.05, 0.1) is 31.1 Å². The topological polar surface area (TPSA) is 79.6 Å². The van der Waals surface area contributed by atoms with Gasteiger partial charge in [0, 0.05) is 32.5 Å². The van der Waals surface area contributed by atoms with E-state index in [9.17, 15) is 9.90 Å². The third kappa shape index (κ3) is 5.08. The number of aliphatic hydroxyl groups excluding tert-OH is 1. The van der Waals surface area contributed by atoms with E-state index in [-0.39, 0.29) is 19.2 Å². The molecule has 2 N–H and O–H groups in total. The number of ether oxygens (including phenoxy) is 1. The van der Waals surface area contributed by atoms with Gasteiger partial charge in [-0.1, -0.05) is 18.2 Å². The fourth-order valence-electron chi connectivity index (χ4n) is 2.13. The average molecular weight is 318 g/mol. The van der Waals surface area contributed by atoms with E-state index in [2.05, 4.69) is 10.4 Å². The minimum absolute atomic E-state index is 0.196. The number of aliphatic hydroxyl groups is 1. The number of carbonyl (C=O) groups excluding carboxylic acids is 1. The fraction of sp³-hybridized carbons (Fsp3) is 0.375. The maximum atomic E-state index is 12.0. The lowest BCUT2D eigenvalue weighted by Gasteiger charge is -2.20. The quantitative estimate of drug-likeness (QED) is 0.799. The molecule has 2 amide bonds. The molecule has 1 aromatic heterocycles. The lowest BCUT2D eigenvalue weighted by Crippen LogP contribution is -2.42. The molecule has 0 aliphatic heterocycles. The van der Waals surface area contributed by atoms with Crippen molar-refractivity contribution in [2.24, 2.45) is 0 Å². The van der Waals surface area contributed by atoms with Crippen LogP contribution in [-0.2, 0) is 11.3 Å². The normalized spacial score (nSPS) is 12.0. The number of amides is 2. The van der Waals surface area contributed by atoms with Crippen molar-refractivity contribution in [2.45, 2.75) is 12.6 Å². The molecule has 7 nitrogen and oxygen atoms in total. The van der Waals surface area contributed by atoms with Gasteiger partial charge in [-0.3, -0.25) is 0 Å². The lowest BCUT2D eigenvalue weighted by atomic mass is 10.3. The summed E-state index contributed by atoms with van der Waals surface area (Å²) in [6.45, 7) is 0.779. The van der Waals surface area contributed by atoms with Crippen LogP contribution >= 0.6 is 0 Å². The first-order chi connectivity index (χ1) is 11.1. The Morgan fingerprint density at radius 3 is 2.87 bits per heavy atom. The Labute approximate surface area is 135 Å². The summed E-state index contributed by atoms with van der Waals surface area (Å²) < 4.78 is 6.60. The van der Waals surface area contributed by atoms with Gasteiger partial charge < -0.3 is 20.1 Å². The molecule has 1 atom stereocenters. The zero-order chi connectivity index (χ0) is 16.7. The summed E-state index contributed by atoms with van der Waals surface area (Å²) in [4.78, 5) is 13.4. The highest BCUT2D eigenvalue weighted by molar-refractivity contribution is 5.73. The minimum Gasteiger partial charge on any atom is -0.389 e. The minimum atomic E-state index is -0.698. The number of aromatic nitrogens is 2. The number of hydrogen-bond acceptors (Lipinski definition) is 4. The molecule has 1 unspecified atom stereocenters. The third-order valence-corrected chi connectivity index (χ3v) is 3.29. The van der Waals surface area contributed by atoms with Gasteiger partial charge in [0.15, 0.2) is 0 Å². The molecule has 124 valence electrons. The Morgan fingerprint density at radius 1 is 1.43 bits per heavy atom. The molecule has 0 saturated heterocycles. The zero-order valence-electron chi connectivity index (χ0n) is 13.3. The number of nitrogens with one attached hydrogen (secondary N) is 1. The van der Waals surface area contributed by atoms with Crippen molar-refractivity contribution in [3.8, 4) is 5.69 Å². The number of benzene rings is 1. The van der Waals surface area contributed by atoms with Crippen LogP contribution in [-0.4, -0.2) is 59.2 Å². The predicted molar refractivity (Wildman–Crippen MR) is 86.3 cm³/mol. The van der Waals surface area contributed by atoms with Crippen LogP contribution in [0.15, 0.2) is 42.7 Å². The van der Waals surface area contributed by atoms with E-state index in [0.29, 0.717) is 6.54 Å². The van der Waals surface area contributed by atoms with Crippen molar-refractivity contribution in [3.63, 3.8) is 0 Å². The van der Waals surface area contributed by atoms with Gasteiger partial charge >= 0.3 is 6.03 Å². The van der Waals surface area contributed by atoms with E-state index >= 15 is 0 Å². The van der Waals surface area contributed by atoms with Crippen molar-refractivity contribution in [3.05, 3.63) is 48.3 Å². The van der Waals surface area contributed by atoms with Crippen LogP contribution in [0.1, 0.15) is 5.56 Å². The number of rotatable bonds is 7. The number of methoxy groups -OCH3 is 1. The molecule has 1 aromatic carbocycles. The fourth-order valence-corrected chi connectivity index (χ4v) is 2.13. The maximum Gasteiger partial charge on any atom is 0.317 e. The highest BCUT2D eigenvalue weighted by atomic mass is 16.5. The number of para-hydroxylation sites is 1. The summed E-state index contributed by atoms with van der Waals surface area (Å²) in [6, 6.07) is 9.49. The zero-order valence-corrected chi connectivity index (χ0v) is 13.3. The molecule has 0 fully saturated rings. The lowest BCUT2D eigenvalue weighted by molar-refractivity contribution is 0.0489. The first-order valence-corrected chi connectivity index (χ1v) is 7.35. The van der Waals surface area contributed by atoms with Gasteiger partial charge in [0.25, 0.3) is 0 Å². The van der Waals surface area contributed by atoms with Crippen molar-refractivity contribution in [1.82, 2.24) is 20.0 Å². The maximum absolute atomic E-state index is 12.0. The molecule has 23 heavy (non-hydrogen) atoms. The van der Waals surface area contributed by atoms with E-state index in [1.165, 1.54) is 12.0 Å². The summed E-state index contributed by atoms with van der Waals surface area (Å²) >= 11 is 0. The summed E-state index contributed by atoms with van der Waals surface area (Å²) in [5, 5.41) is 16.7. The second-order valence-corrected chi connectivity index (χ2v) is 5.28. The van der Waals surface area contributed by atoms with Crippen molar-refractivity contribution in [2.75, 3.05) is 27.3 Å². The summed E-state index contributed by atoms with van der Waals surface area (Å²) in [5.41, 5.74) is 1.86. The number of nitrogens with zero attached hydrogens (tertiary/aromatic N) is 3. The van der Waals surface area contributed by atoms with Crippen LogP contribution in [0.3, 0.4) is 0 Å². The molecule has 0 spiro atoms. The summed E-state index contributed by atoms with van der Waals surface area (Å²) in [7, 11) is 3.13. The molecule has 0 aliphatic carbocycles.